The maximum absolute atomic E-state index is 11.8. The molecule has 1 aliphatic heterocycles. The maximum Gasteiger partial charge on any atom is 0.419 e. The van der Waals surface area contributed by atoms with Gasteiger partial charge in [-0.05, 0) is 50.4 Å². The molecular formula is C16H22N2O3. The molecule has 1 aliphatic rings. The lowest BCUT2D eigenvalue weighted by Crippen LogP contribution is -2.29. The van der Waals surface area contributed by atoms with Crippen LogP contribution in [0.1, 0.15) is 31.4 Å². The van der Waals surface area contributed by atoms with Crippen molar-refractivity contribution in [3.05, 3.63) is 34.3 Å². The topological polar surface area (TPSA) is 56.4 Å². The number of hydrogen-bond donors (Lipinski definition) is 1. The zero-order valence-corrected chi connectivity index (χ0v) is 12.6. The first-order chi connectivity index (χ1) is 10.2. The van der Waals surface area contributed by atoms with Crippen LogP contribution in [-0.4, -0.2) is 24.8 Å². The molecule has 0 aliphatic carbocycles. The Bertz CT molecular complexity index is 668. The lowest BCUT2D eigenvalue weighted by Gasteiger charge is -2.30. The Balaban J connectivity index is 1.97. The van der Waals surface area contributed by atoms with Gasteiger partial charge in [0.2, 0.25) is 0 Å². The van der Waals surface area contributed by atoms with Gasteiger partial charge in [0.05, 0.1) is 5.52 Å². The van der Waals surface area contributed by atoms with E-state index in [1.165, 1.54) is 5.56 Å². The zero-order chi connectivity index (χ0) is 14.8. The fraction of sp³-hybridized carbons (Fsp3) is 0.562. The predicted molar refractivity (Wildman–Crippen MR) is 81.5 cm³/mol. The summed E-state index contributed by atoms with van der Waals surface area (Å²) in [7, 11) is 1.98. The third-order valence-corrected chi connectivity index (χ3v) is 4.42. The molecule has 0 spiro atoms. The zero-order valence-electron chi connectivity index (χ0n) is 12.6. The highest BCUT2D eigenvalue weighted by Crippen LogP contribution is 2.31. The Morgan fingerprint density at radius 2 is 2.14 bits per heavy atom. The minimum absolute atomic E-state index is 0.272. The number of aromatic nitrogens is 1. The second kappa shape index (κ2) is 6.03. The number of nitrogens with one attached hydrogen (secondary N) is 1. The second-order valence-electron chi connectivity index (χ2n) is 5.56. The van der Waals surface area contributed by atoms with E-state index < -0.39 is 0 Å². The van der Waals surface area contributed by atoms with Gasteiger partial charge in [0.1, 0.15) is 0 Å². The average molecular weight is 290 g/mol. The average Bonchev–Trinajstić information content (AvgIpc) is 2.83. The highest BCUT2D eigenvalue weighted by atomic mass is 16.5. The normalized spacial score (nSPS) is 18.2. The van der Waals surface area contributed by atoms with Gasteiger partial charge in [0.15, 0.2) is 5.58 Å². The molecule has 0 amide bonds. The van der Waals surface area contributed by atoms with Crippen molar-refractivity contribution in [2.45, 2.75) is 32.4 Å². The van der Waals surface area contributed by atoms with Crippen molar-refractivity contribution < 1.29 is 9.15 Å². The molecule has 3 rings (SSSR count). The van der Waals surface area contributed by atoms with Crippen LogP contribution in [-0.2, 0) is 11.3 Å². The van der Waals surface area contributed by atoms with Crippen molar-refractivity contribution in [3.8, 4) is 0 Å². The van der Waals surface area contributed by atoms with Gasteiger partial charge in [-0.25, -0.2) is 4.79 Å². The van der Waals surface area contributed by atoms with Crippen LogP contribution >= 0.6 is 0 Å². The first-order valence-electron chi connectivity index (χ1n) is 7.63. The minimum atomic E-state index is -0.281. The van der Waals surface area contributed by atoms with E-state index in [-0.39, 0.29) is 11.8 Å². The van der Waals surface area contributed by atoms with Crippen molar-refractivity contribution in [3.63, 3.8) is 0 Å². The van der Waals surface area contributed by atoms with Crippen LogP contribution in [0.2, 0.25) is 0 Å². The maximum atomic E-state index is 11.8. The Morgan fingerprint density at radius 3 is 2.81 bits per heavy atom. The summed E-state index contributed by atoms with van der Waals surface area (Å²) < 4.78 is 12.5. The Hall–Kier alpha value is -1.59. The molecule has 1 aromatic carbocycles. The monoisotopic (exact) mass is 290 g/mol. The number of fused-ring (bicyclic) bond motifs is 1. The third kappa shape index (κ3) is 2.63. The highest BCUT2D eigenvalue weighted by molar-refractivity contribution is 5.74. The number of benzene rings is 1. The number of hydrogen-bond acceptors (Lipinski definition) is 4. The van der Waals surface area contributed by atoms with Gasteiger partial charge in [-0.2, -0.15) is 0 Å². The lowest BCUT2D eigenvalue weighted by molar-refractivity contribution is 0.0546. The van der Waals surface area contributed by atoms with Crippen molar-refractivity contribution in [1.82, 2.24) is 9.88 Å². The van der Waals surface area contributed by atoms with Crippen molar-refractivity contribution in [1.29, 1.82) is 0 Å². The molecule has 1 N–H and O–H groups in total. The van der Waals surface area contributed by atoms with Crippen LogP contribution in [0, 0.1) is 5.92 Å². The van der Waals surface area contributed by atoms with Crippen molar-refractivity contribution in [2.75, 3.05) is 20.3 Å². The summed E-state index contributed by atoms with van der Waals surface area (Å²) in [6.07, 6.45) is 2.12. The van der Waals surface area contributed by atoms with Gasteiger partial charge in [-0.3, -0.25) is 4.57 Å². The van der Waals surface area contributed by atoms with E-state index in [0.29, 0.717) is 18.0 Å². The van der Waals surface area contributed by atoms with Crippen molar-refractivity contribution >= 4 is 11.1 Å². The van der Waals surface area contributed by atoms with Crippen LogP contribution in [0.5, 0.6) is 0 Å². The van der Waals surface area contributed by atoms with Gasteiger partial charge >= 0.3 is 5.76 Å². The predicted octanol–water partition coefficient (Wildman–Crippen LogP) is 2.30. The number of oxazole rings is 1. The second-order valence-corrected chi connectivity index (χ2v) is 5.56. The summed E-state index contributed by atoms with van der Waals surface area (Å²) in [5.41, 5.74) is 2.72. The molecule has 0 bridgehead atoms. The first-order valence-corrected chi connectivity index (χ1v) is 7.63. The van der Waals surface area contributed by atoms with Gasteiger partial charge in [0, 0.05) is 25.8 Å². The van der Waals surface area contributed by atoms with Gasteiger partial charge < -0.3 is 14.5 Å². The van der Waals surface area contributed by atoms with Crippen LogP contribution < -0.4 is 11.1 Å². The molecule has 5 nitrogen and oxygen atoms in total. The van der Waals surface area contributed by atoms with Gasteiger partial charge in [0.25, 0.3) is 0 Å². The number of rotatable bonds is 4. The quantitative estimate of drug-likeness (QED) is 0.938. The van der Waals surface area contributed by atoms with E-state index in [1.807, 2.05) is 26.1 Å². The van der Waals surface area contributed by atoms with E-state index >= 15 is 0 Å². The molecule has 5 heteroatoms. The highest BCUT2D eigenvalue weighted by Gasteiger charge is 2.24. The first kappa shape index (κ1) is 14.4. The molecule has 1 aromatic heterocycles. The summed E-state index contributed by atoms with van der Waals surface area (Å²) in [6.45, 7) is 4.22. The molecule has 114 valence electrons. The van der Waals surface area contributed by atoms with Crippen LogP contribution in [0.3, 0.4) is 0 Å². The Labute approximate surface area is 123 Å². The molecule has 0 saturated carbocycles. The van der Waals surface area contributed by atoms with Crippen molar-refractivity contribution in [2.24, 2.45) is 5.92 Å². The lowest BCUT2D eigenvalue weighted by atomic mass is 9.87. The Kier molecular flexibility index (Phi) is 4.12. The molecule has 1 unspecified atom stereocenters. The van der Waals surface area contributed by atoms with E-state index in [0.717, 1.165) is 31.6 Å². The fourth-order valence-corrected chi connectivity index (χ4v) is 3.30. The van der Waals surface area contributed by atoms with Crippen LogP contribution in [0.25, 0.3) is 11.1 Å². The number of ether oxygens (including phenoxy) is 1. The van der Waals surface area contributed by atoms with E-state index in [4.69, 9.17) is 9.15 Å². The van der Waals surface area contributed by atoms with Crippen LogP contribution in [0.4, 0.5) is 0 Å². The minimum Gasteiger partial charge on any atom is -0.408 e. The third-order valence-electron chi connectivity index (χ3n) is 4.42. The molecule has 21 heavy (non-hydrogen) atoms. The van der Waals surface area contributed by atoms with Gasteiger partial charge in [-0.15, -0.1) is 0 Å². The standard InChI is InChI=1S/C16H22N2O3/c1-3-18-13-5-4-12(10-14(13)21-16(18)19)15(17-2)11-6-8-20-9-7-11/h4-5,10-11,15,17H,3,6-9H2,1-2H3. The van der Waals surface area contributed by atoms with Crippen LogP contribution in [0.15, 0.2) is 27.4 Å². The van der Waals surface area contributed by atoms with E-state index in [2.05, 4.69) is 11.4 Å². The summed E-state index contributed by atoms with van der Waals surface area (Å²) in [5.74, 6) is 0.276. The summed E-state index contributed by atoms with van der Waals surface area (Å²) >= 11 is 0. The SMILES string of the molecule is CCn1c(=O)oc2cc(C(NC)C3CCOCC3)ccc21. The molecule has 2 heterocycles. The number of aryl methyl sites for hydroxylation is 1. The molecule has 2 aromatic rings. The largest absolute Gasteiger partial charge is 0.419 e. The smallest absolute Gasteiger partial charge is 0.408 e. The Morgan fingerprint density at radius 1 is 1.38 bits per heavy atom. The molecule has 1 saturated heterocycles. The summed E-state index contributed by atoms with van der Waals surface area (Å²) in [5, 5.41) is 3.41. The summed E-state index contributed by atoms with van der Waals surface area (Å²) in [6, 6.07) is 6.36. The molecular weight excluding hydrogens is 268 g/mol. The van der Waals surface area contributed by atoms with E-state index in [1.54, 1.807) is 4.57 Å². The molecule has 1 atom stereocenters. The van der Waals surface area contributed by atoms with Gasteiger partial charge in [-0.1, -0.05) is 6.07 Å². The summed E-state index contributed by atoms with van der Waals surface area (Å²) in [4.78, 5) is 11.8. The van der Waals surface area contributed by atoms with E-state index in [9.17, 15) is 4.79 Å². The number of nitrogens with zero attached hydrogens (tertiary/aromatic N) is 1. The fourth-order valence-electron chi connectivity index (χ4n) is 3.30. The molecule has 0 radical (unpaired) electrons. The molecule has 1 fully saturated rings.